The van der Waals surface area contributed by atoms with Gasteiger partial charge in [-0.15, -0.1) is 0 Å². The molecule has 0 radical (unpaired) electrons. The Kier molecular flexibility index (Phi) is 4.78. The molecule has 0 bridgehead atoms. The molecule has 0 saturated carbocycles. The molecule has 3 aromatic rings. The number of aromatic nitrogens is 5. The summed E-state index contributed by atoms with van der Waals surface area (Å²) in [6, 6.07) is 7.52. The standard InChI is InChI=1S/C17H19N7O2/c1-10-7-13(11(2)24(10)8-12-5-3-4-6-20-12)15(25)26-9-14-21-16(18)23-17(19)22-14/h3-7H,8-9H2,1-2H3,(H4,18,19,21,22,23). The first-order valence-corrected chi connectivity index (χ1v) is 7.93. The summed E-state index contributed by atoms with van der Waals surface area (Å²) >= 11 is 0. The summed E-state index contributed by atoms with van der Waals surface area (Å²) in [6.45, 7) is 4.23. The van der Waals surface area contributed by atoms with Crippen molar-refractivity contribution in [2.24, 2.45) is 0 Å². The normalized spacial score (nSPS) is 10.7. The van der Waals surface area contributed by atoms with Crippen molar-refractivity contribution >= 4 is 17.9 Å². The number of hydrogen-bond donors (Lipinski definition) is 2. The third-order valence-electron chi connectivity index (χ3n) is 3.89. The monoisotopic (exact) mass is 353 g/mol. The minimum atomic E-state index is -0.470. The van der Waals surface area contributed by atoms with Crippen LogP contribution in [0.5, 0.6) is 0 Å². The van der Waals surface area contributed by atoms with Crippen LogP contribution < -0.4 is 11.5 Å². The fraction of sp³-hybridized carbons (Fsp3) is 0.235. The van der Waals surface area contributed by atoms with E-state index >= 15 is 0 Å². The average molecular weight is 353 g/mol. The Morgan fingerprint density at radius 1 is 1.15 bits per heavy atom. The molecule has 0 aliphatic heterocycles. The van der Waals surface area contributed by atoms with Crippen LogP contribution in [-0.4, -0.2) is 30.5 Å². The smallest absolute Gasteiger partial charge is 0.340 e. The van der Waals surface area contributed by atoms with Gasteiger partial charge in [0.2, 0.25) is 11.9 Å². The number of nitrogens with zero attached hydrogens (tertiary/aromatic N) is 5. The maximum atomic E-state index is 12.4. The quantitative estimate of drug-likeness (QED) is 0.654. The van der Waals surface area contributed by atoms with Gasteiger partial charge < -0.3 is 20.8 Å². The zero-order valence-corrected chi connectivity index (χ0v) is 14.5. The van der Waals surface area contributed by atoms with Crippen LogP contribution in [0.15, 0.2) is 30.5 Å². The summed E-state index contributed by atoms with van der Waals surface area (Å²) in [7, 11) is 0. The predicted octanol–water partition coefficient (Wildman–Crippen LogP) is 1.25. The first-order chi connectivity index (χ1) is 12.4. The number of pyridine rings is 1. The first-order valence-electron chi connectivity index (χ1n) is 7.93. The maximum absolute atomic E-state index is 12.4. The molecule has 0 spiro atoms. The lowest BCUT2D eigenvalue weighted by molar-refractivity contribution is 0.0461. The average Bonchev–Trinajstić information content (AvgIpc) is 2.88. The number of aryl methyl sites for hydroxylation is 1. The van der Waals surface area contributed by atoms with E-state index in [0.717, 1.165) is 17.1 Å². The van der Waals surface area contributed by atoms with Crippen molar-refractivity contribution in [1.29, 1.82) is 0 Å². The molecule has 0 aliphatic rings. The molecule has 9 heteroatoms. The summed E-state index contributed by atoms with van der Waals surface area (Å²) < 4.78 is 7.30. The third-order valence-corrected chi connectivity index (χ3v) is 3.89. The van der Waals surface area contributed by atoms with Gasteiger partial charge >= 0.3 is 5.97 Å². The van der Waals surface area contributed by atoms with E-state index in [9.17, 15) is 4.79 Å². The van der Waals surface area contributed by atoms with Crippen LogP contribution in [0.2, 0.25) is 0 Å². The molecular weight excluding hydrogens is 334 g/mol. The number of esters is 1. The number of ether oxygens (including phenoxy) is 1. The molecule has 0 fully saturated rings. The maximum Gasteiger partial charge on any atom is 0.340 e. The Morgan fingerprint density at radius 3 is 2.54 bits per heavy atom. The van der Waals surface area contributed by atoms with Gasteiger partial charge in [-0.2, -0.15) is 15.0 Å². The molecule has 134 valence electrons. The van der Waals surface area contributed by atoms with Crippen molar-refractivity contribution in [3.8, 4) is 0 Å². The number of hydrogen-bond acceptors (Lipinski definition) is 8. The zero-order valence-electron chi connectivity index (χ0n) is 14.5. The van der Waals surface area contributed by atoms with Crippen LogP contribution in [0, 0.1) is 13.8 Å². The van der Waals surface area contributed by atoms with Crippen molar-refractivity contribution in [2.75, 3.05) is 11.5 Å². The Morgan fingerprint density at radius 2 is 1.88 bits per heavy atom. The Labute approximate surface area is 150 Å². The lowest BCUT2D eigenvalue weighted by Gasteiger charge is -2.09. The summed E-state index contributed by atoms with van der Waals surface area (Å²) in [5, 5.41) is 0. The van der Waals surface area contributed by atoms with Gasteiger partial charge in [-0.05, 0) is 32.0 Å². The fourth-order valence-electron chi connectivity index (χ4n) is 2.63. The molecule has 0 aliphatic carbocycles. The van der Waals surface area contributed by atoms with Crippen molar-refractivity contribution in [3.05, 3.63) is 58.9 Å². The highest BCUT2D eigenvalue weighted by atomic mass is 16.5. The molecule has 3 aromatic heterocycles. The van der Waals surface area contributed by atoms with Crippen LogP contribution in [-0.2, 0) is 17.9 Å². The highest BCUT2D eigenvalue weighted by Crippen LogP contribution is 2.18. The summed E-state index contributed by atoms with van der Waals surface area (Å²) in [5.74, 6) is -0.303. The van der Waals surface area contributed by atoms with Crippen LogP contribution in [0.4, 0.5) is 11.9 Å². The second-order valence-electron chi connectivity index (χ2n) is 5.74. The third kappa shape index (κ3) is 3.77. The lowest BCUT2D eigenvalue weighted by atomic mass is 10.2. The topological polar surface area (TPSA) is 135 Å². The number of nitrogens with two attached hydrogens (primary N) is 2. The largest absolute Gasteiger partial charge is 0.454 e. The van der Waals surface area contributed by atoms with Gasteiger partial charge in [-0.3, -0.25) is 4.98 Å². The molecule has 0 aromatic carbocycles. The van der Waals surface area contributed by atoms with Crippen LogP contribution in [0.3, 0.4) is 0 Å². The van der Waals surface area contributed by atoms with E-state index in [4.69, 9.17) is 16.2 Å². The van der Waals surface area contributed by atoms with Crippen molar-refractivity contribution in [1.82, 2.24) is 24.5 Å². The predicted molar refractivity (Wildman–Crippen MR) is 95.0 cm³/mol. The molecule has 3 heterocycles. The number of rotatable bonds is 5. The van der Waals surface area contributed by atoms with Gasteiger partial charge in [0.1, 0.15) is 0 Å². The summed E-state index contributed by atoms with van der Waals surface area (Å²) in [4.78, 5) is 28.2. The van der Waals surface area contributed by atoms with Gasteiger partial charge in [-0.25, -0.2) is 4.79 Å². The molecule has 9 nitrogen and oxygen atoms in total. The van der Waals surface area contributed by atoms with Gasteiger partial charge in [0.25, 0.3) is 0 Å². The van der Waals surface area contributed by atoms with Crippen LogP contribution in [0.25, 0.3) is 0 Å². The molecule has 26 heavy (non-hydrogen) atoms. The van der Waals surface area contributed by atoms with Crippen LogP contribution >= 0.6 is 0 Å². The van der Waals surface area contributed by atoms with Gasteiger partial charge in [0, 0.05) is 17.6 Å². The number of carbonyl (C=O) groups excluding carboxylic acids is 1. The Bertz CT molecular complexity index is 918. The van der Waals surface area contributed by atoms with E-state index in [1.807, 2.05) is 36.6 Å². The number of anilines is 2. The summed E-state index contributed by atoms with van der Waals surface area (Å²) in [5.41, 5.74) is 14.1. The van der Waals surface area contributed by atoms with E-state index in [-0.39, 0.29) is 24.3 Å². The molecule has 0 amide bonds. The summed E-state index contributed by atoms with van der Waals surface area (Å²) in [6.07, 6.45) is 1.74. The molecule has 0 unspecified atom stereocenters. The Hall–Kier alpha value is -3.49. The Balaban J connectivity index is 1.74. The molecule has 3 rings (SSSR count). The number of carbonyl (C=O) groups is 1. The molecule has 4 N–H and O–H groups in total. The SMILES string of the molecule is Cc1cc(C(=O)OCc2nc(N)nc(N)n2)c(C)n1Cc1ccccn1. The van der Waals surface area contributed by atoms with E-state index in [2.05, 4.69) is 19.9 Å². The highest BCUT2D eigenvalue weighted by molar-refractivity contribution is 5.91. The van der Waals surface area contributed by atoms with Crippen molar-refractivity contribution in [2.45, 2.75) is 27.0 Å². The van der Waals surface area contributed by atoms with E-state index in [1.54, 1.807) is 12.3 Å². The van der Waals surface area contributed by atoms with Crippen molar-refractivity contribution in [3.63, 3.8) is 0 Å². The molecule has 0 atom stereocenters. The minimum Gasteiger partial charge on any atom is -0.454 e. The van der Waals surface area contributed by atoms with E-state index in [0.29, 0.717) is 12.1 Å². The fourth-order valence-corrected chi connectivity index (χ4v) is 2.63. The number of nitrogen functional groups attached to an aromatic ring is 2. The van der Waals surface area contributed by atoms with Crippen molar-refractivity contribution < 1.29 is 9.53 Å². The van der Waals surface area contributed by atoms with Gasteiger partial charge in [0.15, 0.2) is 12.4 Å². The molecule has 0 saturated heterocycles. The second kappa shape index (κ2) is 7.18. The second-order valence-corrected chi connectivity index (χ2v) is 5.74. The lowest BCUT2D eigenvalue weighted by Crippen LogP contribution is -2.12. The van der Waals surface area contributed by atoms with Gasteiger partial charge in [-0.1, -0.05) is 6.07 Å². The van der Waals surface area contributed by atoms with Crippen LogP contribution in [0.1, 0.15) is 33.3 Å². The van der Waals surface area contributed by atoms with E-state index < -0.39 is 5.97 Å². The molecular formula is C17H19N7O2. The van der Waals surface area contributed by atoms with Gasteiger partial charge in [0.05, 0.1) is 17.8 Å². The first kappa shape index (κ1) is 17.3. The highest BCUT2D eigenvalue weighted by Gasteiger charge is 2.18. The minimum absolute atomic E-state index is 0.0166. The van der Waals surface area contributed by atoms with E-state index in [1.165, 1.54) is 0 Å². The zero-order chi connectivity index (χ0) is 18.7.